The summed E-state index contributed by atoms with van der Waals surface area (Å²) in [4.78, 5) is 17.5. The van der Waals surface area contributed by atoms with E-state index < -0.39 is 15.8 Å². The minimum absolute atomic E-state index is 0.0713. The van der Waals surface area contributed by atoms with E-state index in [2.05, 4.69) is 17.0 Å². The van der Waals surface area contributed by atoms with Gasteiger partial charge in [-0.3, -0.25) is 4.79 Å². The van der Waals surface area contributed by atoms with Gasteiger partial charge in [0.15, 0.2) is 0 Å². The van der Waals surface area contributed by atoms with E-state index in [9.17, 15) is 22.7 Å². The van der Waals surface area contributed by atoms with Crippen LogP contribution in [0.5, 0.6) is 5.75 Å². The fourth-order valence-electron chi connectivity index (χ4n) is 6.74. The van der Waals surface area contributed by atoms with Gasteiger partial charge in [-0.25, -0.2) is 12.8 Å². The lowest BCUT2D eigenvalue weighted by Crippen LogP contribution is -2.55. The van der Waals surface area contributed by atoms with Gasteiger partial charge in [0.25, 0.3) is 5.91 Å². The summed E-state index contributed by atoms with van der Waals surface area (Å²) in [5, 5.41) is 9.50. The normalized spacial score (nSPS) is 21.3. The average molecular weight is 628 g/mol. The number of ether oxygens (including phenoxy) is 1. The van der Waals surface area contributed by atoms with Gasteiger partial charge in [0.2, 0.25) is 10.0 Å². The topological polar surface area (TPSA) is 90.4 Å². The molecule has 3 heterocycles. The zero-order valence-electron chi connectivity index (χ0n) is 23.7. The number of rotatable bonds is 8. The Kier molecular flexibility index (Phi) is 8.64. The number of piperazine rings is 1. The molecule has 3 fully saturated rings. The zero-order chi connectivity index (χ0) is 30.1. The molecular formula is C32H35ClFN3O5S. The number of fused-ring (bicyclic) bond motifs is 2. The van der Waals surface area contributed by atoms with Crippen molar-refractivity contribution in [3.63, 3.8) is 0 Å². The molecule has 0 aliphatic carbocycles. The van der Waals surface area contributed by atoms with Crippen molar-refractivity contribution < 1.29 is 27.4 Å². The molecule has 3 saturated heterocycles. The third kappa shape index (κ3) is 5.98. The number of nitrogens with zero attached hydrogens (tertiary/aromatic N) is 3. The van der Waals surface area contributed by atoms with Crippen molar-refractivity contribution in [1.29, 1.82) is 0 Å². The molecule has 1 amide bonds. The van der Waals surface area contributed by atoms with E-state index in [1.165, 1.54) is 17.7 Å². The number of sulfonamides is 1. The smallest absolute Gasteiger partial charge is 0.255 e. The maximum absolute atomic E-state index is 13.9. The standard InChI is InChI=1S/C32H35ClFN3O5S/c33-29-18-24(34)6-10-28(29)32(39)35-20-25-7-8-26(21-35)37(25)30-19-27(9-11-31(30)42-17-16-38)43(40,41)36-14-12-23(13-15-36)22-4-2-1-3-5-22/h1-6,9-11,18-19,23,25-26,38H,7-8,12-17,20-21H2. The molecule has 3 aromatic carbocycles. The molecular weight excluding hydrogens is 593 g/mol. The molecule has 6 rings (SSSR count). The van der Waals surface area contributed by atoms with Crippen LogP contribution in [0.4, 0.5) is 10.1 Å². The zero-order valence-corrected chi connectivity index (χ0v) is 25.3. The molecule has 11 heteroatoms. The molecule has 3 aromatic rings. The van der Waals surface area contributed by atoms with E-state index in [0.29, 0.717) is 43.5 Å². The number of aliphatic hydroxyl groups is 1. The summed E-state index contributed by atoms with van der Waals surface area (Å²) in [6.45, 7) is 1.60. The number of aliphatic hydroxyl groups excluding tert-OH is 1. The van der Waals surface area contributed by atoms with Crippen LogP contribution in [0.3, 0.4) is 0 Å². The first-order chi connectivity index (χ1) is 20.8. The average Bonchev–Trinajstić information content (AvgIpc) is 3.28. The first-order valence-electron chi connectivity index (χ1n) is 14.7. The van der Waals surface area contributed by atoms with Crippen LogP contribution in [-0.4, -0.2) is 80.1 Å². The maximum atomic E-state index is 13.9. The summed E-state index contributed by atoms with van der Waals surface area (Å²) in [5.74, 6) is 0.0664. The number of benzene rings is 3. The van der Waals surface area contributed by atoms with Crippen LogP contribution in [0.15, 0.2) is 71.6 Å². The molecule has 2 bridgehead atoms. The molecule has 0 spiro atoms. The first kappa shape index (κ1) is 29.9. The fraction of sp³-hybridized carbons (Fsp3) is 0.406. The van der Waals surface area contributed by atoms with Crippen molar-refractivity contribution in [2.45, 2.75) is 48.6 Å². The maximum Gasteiger partial charge on any atom is 0.255 e. The Bertz CT molecular complexity index is 1570. The molecule has 2 unspecified atom stereocenters. The van der Waals surface area contributed by atoms with E-state index in [4.69, 9.17) is 16.3 Å². The number of piperidine rings is 1. The Labute approximate surface area is 256 Å². The van der Waals surface area contributed by atoms with E-state index >= 15 is 0 Å². The second-order valence-electron chi connectivity index (χ2n) is 11.4. The number of carbonyl (C=O) groups is 1. The second-order valence-corrected chi connectivity index (χ2v) is 13.8. The van der Waals surface area contributed by atoms with Crippen LogP contribution in [-0.2, 0) is 10.0 Å². The van der Waals surface area contributed by atoms with Crippen molar-refractivity contribution in [1.82, 2.24) is 9.21 Å². The van der Waals surface area contributed by atoms with Crippen LogP contribution in [0, 0.1) is 5.82 Å². The van der Waals surface area contributed by atoms with Gasteiger partial charge in [-0.05, 0) is 73.6 Å². The number of likely N-dealkylation sites (tertiary alicyclic amines) is 1. The second kappa shape index (κ2) is 12.4. The summed E-state index contributed by atoms with van der Waals surface area (Å²) in [6.07, 6.45) is 3.14. The highest BCUT2D eigenvalue weighted by Crippen LogP contribution is 2.42. The highest BCUT2D eigenvalue weighted by molar-refractivity contribution is 7.89. The number of hydrogen-bond donors (Lipinski definition) is 1. The lowest BCUT2D eigenvalue weighted by atomic mass is 9.90. The number of halogens is 2. The van der Waals surface area contributed by atoms with Crippen molar-refractivity contribution in [3.05, 3.63) is 88.7 Å². The van der Waals surface area contributed by atoms with Gasteiger partial charge in [-0.1, -0.05) is 41.9 Å². The minimum atomic E-state index is -3.76. The lowest BCUT2D eigenvalue weighted by molar-refractivity contribution is 0.0717. The molecule has 0 radical (unpaired) electrons. The number of anilines is 1. The molecule has 3 aliphatic rings. The molecule has 2 atom stereocenters. The third-order valence-corrected chi connectivity index (χ3v) is 11.1. The van der Waals surface area contributed by atoms with Gasteiger partial charge in [0.1, 0.15) is 18.2 Å². The van der Waals surface area contributed by atoms with Gasteiger partial charge >= 0.3 is 0 Å². The molecule has 8 nitrogen and oxygen atoms in total. The lowest BCUT2D eigenvalue weighted by Gasteiger charge is -2.43. The van der Waals surface area contributed by atoms with Gasteiger partial charge in [0, 0.05) is 38.3 Å². The Morgan fingerprint density at radius 1 is 0.953 bits per heavy atom. The van der Waals surface area contributed by atoms with Gasteiger partial charge < -0.3 is 19.6 Å². The quantitative estimate of drug-likeness (QED) is 0.382. The first-order valence-corrected chi connectivity index (χ1v) is 16.5. The molecule has 1 N–H and O–H groups in total. The van der Waals surface area contributed by atoms with Crippen molar-refractivity contribution in [2.24, 2.45) is 0 Å². The number of amides is 1. The monoisotopic (exact) mass is 627 g/mol. The van der Waals surface area contributed by atoms with Crippen molar-refractivity contribution in [2.75, 3.05) is 44.3 Å². The summed E-state index contributed by atoms with van der Waals surface area (Å²) in [5.41, 5.74) is 2.14. The molecule has 228 valence electrons. The van der Waals surface area contributed by atoms with Crippen LogP contribution < -0.4 is 9.64 Å². The summed E-state index contributed by atoms with van der Waals surface area (Å²) in [6, 6.07) is 18.8. The molecule has 3 aliphatic heterocycles. The van der Waals surface area contributed by atoms with E-state index in [-0.39, 0.29) is 46.7 Å². The molecule has 43 heavy (non-hydrogen) atoms. The van der Waals surface area contributed by atoms with Gasteiger partial charge in [-0.2, -0.15) is 4.31 Å². The van der Waals surface area contributed by atoms with Crippen LogP contribution in [0.1, 0.15) is 47.5 Å². The predicted molar refractivity (Wildman–Crippen MR) is 163 cm³/mol. The molecule has 0 saturated carbocycles. The third-order valence-electron chi connectivity index (χ3n) is 8.85. The van der Waals surface area contributed by atoms with Crippen LogP contribution in [0.25, 0.3) is 0 Å². The SMILES string of the molecule is O=C(c1ccc(F)cc1Cl)N1CC2CCC(C1)N2c1cc(S(=O)(=O)N2CCC(c3ccccc3)CC2)ccc1OCCO. The van der Waals surface area contributed by atoms with Crippen molar-refractivity contribution in [3.8, 4) is 5.75 Å². The highest BCUT2D eigenvalue weighted by atomic mass is 35.5. The van der Waals surface area contributed by atoms with Gasteiger partial charge in [-0.15, -0.1) is 0 Å². The number of carbonyl (C=O) groups excluding carboxylic acids is 1. The fourth-order valence-corrected chi connectivity index (χ4v) is 8.47. The Morgan fingerprint density at radius 3 is 2.30 bits per heavy atom. The number of hydrogen-bond acceptors (Lipinski definition) is 6. The van der Waals surface area contributed by atoms with Crippen LogP contribution >= 0.6 is 11.6 Å². The largest absolute Gasteiger partial charge is 0.489 e. The van der Waals surface area contributed by atoms with E-state index in [1.54, 1.807) is 27.4 Å². The Morgan fingerprint density at radius 2 is 1.65 bits per heavy atom. The Hall–Kier alpha value is -3.18. The summed E-state index contributed by atoms with van der Waals surface area (Å²) < 4.78 is 48.7. The van der Waals surface area contributed by atoms with Crippen molar-refractivity contribution >= 4 is 33.2 Å². The summed E-state index contributed by atoms with van der Waals surface area (Å²) >= 11 is 6.19. The Balaban J connectivity index is 1.24. The molecule has 0 aromatic heterocycles. The predicted octanol–water partition coefficient (Wildman–Crippen LogP) is 4.91. The van der Waals surface area contributed by atoms with E-state index in [1.807, 2.05) is 18.2 Å². The van der Waals surface area contributed by atoms with Gasteiger partial charge in [0.05, 0.1) is 27.8 Å². The minimum Gasteiger partial charge on any atom is -0.489 e. The van der Waals surface area contributed by atoms with E-state index in [0.717, 1.165) is 31.7 Å². The van der Waals surface area contributed by atoms with Crippen LogP contribution in [0.2, 0.25) is 5.02 Å². The summed E-state index contributed by atoms with van der Waals surface area (Å²) in [7, 11) is -3.76. The highest BCUT2D eigenvalue weighted by Gasteiger charge is 2.43.